The lowest BCUT2D eigenvalue weighted by Gasteiger charge is -2.05. The smallest absolute Gasteiger partial charge is 0.332 e. The van der Waals surface area contributed by atoms with Gasteiger partial charge >= 0.3 is 5.97 Å². The number of carbonyl (C=O) groups is 2. The number of carbonyl (C=O) groups excluding carboxylic acids is 1. The van der Waals surface area contributed by atoms with Gasteiger partial charge in [0, 0.05) is 17.6 Å². The third-order valence-electron chi connectivity index (χ3n) is 2.30. The second-order valence-electron chi connectivity index (χ2n) is 3.44. The van der Waals surface area contributed by atoms with Crippen LogP contribution in [0.5, 0.6) is 0 Å². The molecule has 0 saturated heterocycles. The topological polar surface area (TPSA) is 80.4 Å². The van der Waals surface area contributed by atoms with Crippen LogP contribution in [-0.2, 0) is 16.0 Å². The Bertz CT molecular complexity index is 435. The molecule has 3 N–H and O–H groups in total. The first-order valence-electron chi connectivity index (χ1n) is 4.79. The minimum absolute atomic E-state index is 0.0405. The number of hydrogen-bond acceptors (Lipinski definition) is 2. The summed E-state index contributed by atoms with van der Waals surface area (Å²) in [4.78, 5) is 21.9. The lowest BCUT2D eigenvalue weighted by atomic mass is 10.0. The van der Waals surface area contributed by atoms with Crippen molar-refractivity contribution in [3.05, 3.63) is 47.0 Å². The van der Waals surface area contributed by atoms with E-state index in [0.29, 0.717) is 0 Å². The summed E-state index contributed by atoms with van der Waals surface area (Å²) in [6.45, 7) is 1.43. The minimum atomic E-state index is -1.11. The number of benzene rings is 1. The monoisotopic (exact) mass is 219 g/mol. The maximum atomic E-state index is 11.0. The van der Waals surface area contributed by atoms with Crippen LogP contribution in [-0.4, -0.2) is 17.0 Å². The van der Waals surface area contributed by atoms with E-state index in [1.54, 1.807) is 12.1 Å². The van der Waals surface area contributed by atoms with Gasteiger partial charge in [0.25, 0.3) is 0 Å². The van der Waals surface area contributed by atoms with E-state index < -0.39 is 11.9 Å². The highest BCUT2D eigenvalue weighted by Gasteiger charge is 2.15. The van der Waals surface area contributed by atoms with Crippen LogP contribution in [0.25, 0.3) is 0 Å². The van der Waals surface area contributed by atoms with Crippen LogP contribution in [0, 0.1) is 0 Å². The molecule has 0 radical (unpaired) electrons. The lowest BCUT2D eigenvalue weighted by molar-refractivity contribution is -0.133. The molecule has 1 rings (SSSR count). The lowest BCUT2D eigenvalue weighted by Crippen LogP contribution is -2.18. The molecule has 84 valence electrons. The fraction of sp³-hybridized carbons (Fsp3) is 0.167. The Balaban J connectivity index is 3.03. The van der Waals surface area contributed by atoms with Crippen molar-refractivity contribution in [1.29, 1.82) is 0 Å². The van der Waals surface area contributed by atoms with E-state index in [1.165, 1.54) is 6.92 Å². The molecular formula is C12H13NO3. The van der Waals surface area contributed by atoms with E-state index in [0.717, 1.165) is 5.56 Å². The van der Waals surface area contributed by atoms with Crippen molar-refractivity contribution in [3.8, 4) is 0 Å². The fourth-order valence-corrected chi connectivity index (χ4v) is 1.32. The SMILES string of the molecule is C/C(C(N)=O)=C(\Cc1ccccc1)C(=O)O. The number of rotatable bonds is 4. The van der Waals surface area contributed by atoms with Gasteiger partial charge in [-0.15, -0.1) is 0 Å². The molecule has 0 aliphatic heterocycles. The van der Waals surface area contributed by atoms with Crippen molar-refractivity contribution in [2.24, 2.45) is 5.73 Å². The molecule has 1 aromatic rings. The molecule has 0 fully saturated rings. The average molecular weight is 219 g/mol. The van der Waals surface area contributed by atoms with Crippen molar-refractivity contribution in [2.75, 3.05) is 0 Å². The van der Waals surface area contributed by atoms with Crippen LogP contribution in [0.1, 0.15) is 12.5 Å². The van der Waals surface area contributed by atoms with Gasteiger partial charge in [-0.1, -0.05) is 30.3 Å². The second kappa shape index (κ2) is 5.11. The molecule has 4 heteroatoms. The van der Waals surface area contributed by atoms with Crippen molar-refractivity contribution in [2.45, 2.75) is 13.3 Å². The third kappa shape index (κ3) is 2.95. The molecule has 0 aliphatic carbocycles. The molecule has 1 aromatic carbocycles. The molecule has 0 saturated carbocycles. The molecular weight excluding hydrogens is 206 g/mol. The van der Waals surface area contributed by atoms with Crippen LogP contribution in [0.4, 0.5) is 0 Å². The highest BCUT2D eigenvalue weighted by molar-refractivity contribution is 6.01. The van der Waals surface area contributed by atoms with Gasteiger partial charge in [0.15, 0.2) is 0 Å². The summed E-state index contributed by atoms with van der Waals surface area (Å²) in [6.07, 6.45) is 0.199. The van der Waals surface area contributed by atoms with Gasteiger partial charge in [-0.05, 0) is 12.5 Å². The first kappa shape index (κ1) is 12.0. The zero-order valence-corrected chi connectivity index (χ0v) is 8.93. The van der Waals surface area contributed by atoms with Crippen LogP contribution in [0.2, 0.25) is 0 Å². The zero-order chi connectivity index (χ0) is 12.1. The summed E-state index contributed by atoms with van der Waals surface area (Å²) in [6, 6.07) is 9.08. The van der Waals surface area contributed by atoms with Gasteiger partial charge < -0.3 is 10.8 Å². The number of hydrogen-bond donors (Lipinski definition) is 2. The van der Waals surface area contributed by atoms with E-state index in [2.05, 4.69) is 0 Å². The first-order valence-corrected chi connectivity index (χ1v) is 4.79. The molecule has 0 spiro atoms. The maximum absolute atomic E-state index is 11.0. The summed E-state index contributed by atoms with van der Waals surface area (Å²) in [5.41, 5.74) is 6.04. The molecule has 0 aliphatic rings. The van der Waals surface area contributed by atoms with Crippen LogP contribution in [0.3, 0.4) is 0 Å². The van der Waals surface area contributed by atoms with Crippen LogP contribution >= 0.6 is 0 Å². The molecule has 4 nitrogen and oxygen atoms in total. The Morgan fingerprint density at radius 3 is 2.25 bits per heavy atom. The number of carboxylic acid groups (broad SMARTS) is 1. The zero-order valence-electron chi connectivity index (χ0n) is 8.93. The number of aliphatic carboxylic acids is 1. The van der Waals surface area contributed by atoms with Gasteiger partial charge in [0.1, 0.15) is 0 Å². The Morgan fingerprint density at radius 1 is 1.25 bits per heavy atom. The highest BCUT2D eigenvalue weighted by atomic mass is 16.4. The Morgan fingerprint density at radius 2 is 1.81 bits per heavy atom. The van der Waals surface area contributed by atoms with Crippen molar-refractivity contribution in [3.63, 3.8) is 0 Å². The summed E-state index contributed by atoms with van der Waals surface area (Å²) >= 11 is 0. The third-order valence-corrected chi connectivity index (χ3v) is 2.30. The molecule has 0 heterocycles. The van der Waals surface area contributed by atoms with Crippen molar-refractivity contribution in [1.82, 2.24) is 0 Å². The largest absolute Gasteiger partial charge is 0.478 e. The Labute approximate surface area is 93.4 Å². The van der Waals surface area contributed by atoms with Gasteiger partial charge in [0.05, 0.1) is 0 Å². The highest BCUT2D eigenvalue weighted by Crippen LogP contribution is 2.12. The van der Waals surface area contributed by atoms with Gasteiger partial charge in [-0.25, -0.2) is 4.79 Å². The summed E-state index contributed by atoms with van der Waals surface area (Å²) < 4.78 is 0. The summed E-state index contributed by atoms with van der Waals surface area (Å²) in [7, 11) is 0. The second-order valence-corrected chi connectivity index (χ2v) is 3.44. The van der Waals surface area contributed by atoms with Gasteiger partial charge in [-0.3, -0.25) is 4.79 Å². The van der Waals surface area contributed by atoms with Crippen LogP contribution < -0.4 is 5.73 Å². The van der Waals surface area contributed by atoms with Crippen molar-refractivity contribution < 1.29 is 14.7 Å². The number of amides is 1. The predicted octanol–water partition coefficient (Wildman–Crippen LogP) is 1.12. The Kier molecular flexibility index (Phi) is 3.83. The molecule has 0 bridgehead atoms. The summed E-state index contributed by atoms with van der Waals surface area (Å²) in [5, 5.41) is 8.99. The normalized spacial score (nSPS) is 11.8. The minimum Gasteiger partial charge on any atom is -0.478 e. The number of nitrogens with two attached hydrogens (primary N) is 1. The Hall–Kier alpha value is -2.10. The van der Waals surface area contributed by atoms with E-state index in [-0.39, 0.29) is 17.6 Å². The van der Waals surface area contributed by atoms with E-state index in [9.17, 15) is 9.59 Å². The quantitative estimate of drug-likeness (QED) is 0.744. The van der Waals surface area contributed by atoms with Crippen molar-refractivity contribution >= 4 is 11.9 Å². The van der Waals surface area contributed by atoms with E-state index in [1.807, 2.05) is 18.2 Å². The van der Waals surface area contributed by atoms with Crippen LogP contribution in [0.15, 0.2) is 41.5 Å². The molecule has 16 heavy (non-hydrogen) atoms. The predicted molar refractivity (Wildman–Crippen MR) is 59.7 cm³/mol. The standard InChI is InChI=1S/C12H13NO3/c1-8(11(13)14)10(12(15)16)7-9-5-3-2-4-6-9/h2-6H,7H2,1H3,(H2,13,14)(H,15,16)/b10-8-. The molecule has 0 unspecified atom stereocenters. The number of primary amides is 1. The maximum Gasteiger partial charge on any atom is 0.332 e. The number of carboxylic acids is 1. The molecule has 0 aromatic heterocycles. The average Bonchev–Trinajstić information content (AvgIpc) is 2.26. The van der Waals surface area contributed by atoms with E-state index in [4.69, 9.17) is 10.8 Å². The fourth-order valence-electron chi connectivity index (χ4n) is 1.32. The van der Waals surface area contributed by atoms with E-state index >= 15 is 0 Å². The summed E-state index contributed by atoms with van der Waals surface area (Å²) in [5.74, 6) is -1.81. The molecule has 0 atom stereocenters. The molecule has 1 amide bonds. The van der Waals surface area contributed by atoms with Gasteiger partial charge in [-0.2, -0.15) is 0 Å². The van der Waals surface area contributed by atoms with Gasteiger partial charge in [0.2, 0.25) is 5.91 Å². The first-order chi connectivity index (χ1) is 7.52.